The second-order valence-corrected chi connectivity index (χ2v) is 6.81. The van der Waals surface area contributed by atoms with E-state index in [-0.39, 0.29) is 30.1 Å². The average Bonchev–Trinajstić information content (AvgIpc) is 3.17. The molecule has 1 aromatic rings. The highest BCUT2D eigenvalue weighted by molar-refractivity contribution is 5.74. The Morgan fingerprint density at radius 1 is 1.25 bits per heavy atom. The number of hydrogen-bond donors (Lipinski definition) is 1. The summed E-state index contributed by atoms with van der Waals surface area (Å²) < 4.78 is 27.2. The predicted molar refractivity (Wildman–Crippen MR) is 86.3 cm³/mol. The topological polar surface area (TPSA) is 43.8 Å². The smallest absolute Gasteiger partial charge is 0.219 e. The Morgan fingerprint density at radius 2 is 1.96 bits per heavy atom. The SMILES string of the molecule is CC(=O)N1CCC[C@@H]1[C@@H]1CCCN1C[C@@H](O)c1cc(F)ccc1F. The Balaban J connectivity index is 1.72. The lowest BCUT2D eigenvalue weighted by atomic mass is 10.0. The molecule has 0 bridgehead atoms. The Kier molecular flexibility index (Phi) is 5.15. The summed E-state index contributed by atoms with van der Waals surface area (Å²) in [6.45, 7) is 3.44. The molecule has 1 amide bonds. The lowest BCUT2D eigenvalue weighted by Crippen LogP contribution is -2.48. The molecule has 4 nitrogen and oxygen atoms in total. The fourth-order valence-corrected chi connectivity index (χ4v) is 4.19. The molecular formula is C18H24F2N2O2. The van der Waals surface area contributed by atoms with Crippen molar-refractivity contribution in [3.63, 3.8) is 0 Å². The number of β-amino-alcohol motifs (C(OH)–C–C–N with tert-alkyl or cyclic N) is 1. The normalized spacial score (nSPS) is 26.1. The number of amides is 1. The van der Waals surface area contributed by atoms with Gasteiger partial charge in [-0.1, -0.05) is 0 Å². The quantitative estimate of drug-likeness (QED) is 0.917. The molecule has 3 atom stereocenters. The van der Waals surface area contributed by atoms with Crippen molar-refractivity contribution < 1.29 is 18.7 Å². The van der Waals surface area contributed by atoms with Gasteiger partial charge in [-0.15, -0.1) is 0 Å². The average molecular weight is 338 g/mol. The van der Waals surface area contributed by atoms with Crippen LogP contribution in [0.25, 0.3) is 0 Å². The van der Waals surface area contributed by atoms with Crippen molar-refractivity contribution in [3.05, 3.63) is 35.4 Å². The number of hydrogen-bond acceptors (Lipinski definition) is 3. The van der Waals surface area contributed by atoms with Crippen LogP contribution < -0.4 is 0 Å². The maximum absolute atomic E-state index is 13.9. The fourth-order valence-electron chi connectivity index (χ4n) is 4.19. The third-order valence-corrected chi connectivity index (χ3v) is 5.29. The van der Waals surface area contributed by atoms with E-state index in [1.807, 2.05) is 4.90 Å². The largest absolute Gasteiger partial charge is 0.387 e. The van der Waals surface area contributed by atoms with Gasteiger partial charge in [0.05, 0.1) is 6.10 Å². The summed E-state index contributed by atoms with van der Waals surface area (Å²) in [5, 5.41) is 10.4. The number of benzene rings is 1. The number of rotatable bonds is 4. The number of likely N-dealkylation sites (tertiary alicyclic amines) is 2. The third kappa shape index (κ3) is 3.44. The van der Waals surface area contributed by atoms with Crippen LogP contribution in [-0.2, 0) is 4.79 Å². The highest BCUT2D eigenvalue weighted by Crippen LogP contribution is 2.31. The first kappa shape index (κ1) is 17.3. The van der Waals surface area contributed by atoms with Gasteiger partial charge in [-0.05, 0) is 50.4 Å². The molecule has 0 unspecified atom stereocenters. The van der Waals surface area contributed by atoms with Crippen LogP contribution in [0.2, 0.25) is 0 Å². The van der Waals surface area contributed by atoms with Crippen molar-refractivity contribution in [2.45, 2.75) is 50.8 Å². The highest BCUT2D eigenvalue weighted by Gasteiger charge is 2.39. The van der Waals surface area contributed by atoms with Gasteiger partial charge in [0.1, 0.15) is 11.6 Å². The Labute approximate surface area is 141 Å². The minimum Gasteiger partial charge on any atom is -0.387 e. The van der Waals surface area contributed by atoms with E-state index in [9.17, 15) is 18.7 Å². The lowest BCUT2D eigenvalue weighted by molar-refractivity contribution is -0.130. The van der Waals surface area contributed by atoms with Gasteiger partial charge in [-0.2, -0.15) is 0 Å². The van der Waals surface area contributed by atoms with Gasteiger partial charge in [0.25, 0.3) is 0 Å². The number of halogens is 2. The van der Waals surface area contributed by atoms with Crippen LogP contribution in [0, 0.1) is 11.6 Å². The van der Waals surface area contributed by atoms with Gasteiger partial charge in [-0.25, -0.2) is 8.78 Å². The van der Waals surface area contributed by atoms with Crippen molar-refractivity contribution in [2.75, 3.05) is 19.6 Å². The van der Waals surface area contributed by atoms with Crippen molar-refractivity contribution in [3.8, 4) is 0 Å². The molecule has 2 aliphatic rings. The standard InChI is InChI=1S/C18H24F2N2O2/c1-12(23)22-9-3-5-17(22)16-4-2-8-21(16)11-18(24)14-10-13(19)6-7-15(14)20/h6-7,10,16-18,24H,2-5,8-9,11H2,1H3/t16-,17+,18+/m0/s1. The van der Waals surface area contributed by atoms with Gasteiger partial charge in [0.15, 0.2) is 0 Å². The zero-order chi connectivity index (χ0) is 17.3. The van der Waals surface area contributed by atoms with E-state index in [0.717, 1.165) is 57.0 Å². The van der Waals surface area contributed by atoms with Crippen molar-refractivity contribution >= 4 is 5.91 Å². The molecule has 3 rings (SSSR count). The molecule has 2 heterocycles. The van der Waals surface area contributed by atoms with E-state index >= 15 is 0 Å². The molecule has 6 heteroatoms. The van der Waals surface area contributed by atoms with E-state index < -0.39 is 17.7 Å². The molecule has 0 aliphatic carbocycles. The van der Waals surface area contributed by atoms with Crippen molar-refractivity contribution in [1.29, 1.82) is 0 Å². The van der Waals surface area contributed by atoms with E-state index in [1.165, 1.54) is 0 Å². The van der Waals surface area contributed by atoms with E-state index in [4.69, 9.17) is 0 Å². The number of nitrogens with zero attached hydrogens (tertiary/aromatic N) is 2. The monoisotopic (exact) mass is 338 g/mol. The minimum absolute atomic E-state index is 0.00417. The second-order valence-electron chi connectivity index (χ2n) is 6.81. The molecule has 1 N–H and O–H groups in total. The summed E-state index contributed by atoms with van der Waals surface area (Å²) in [7, 11) is 0. The third-order valence-electron chi connectivity index (χ3n) is 5.29. The summed E-state index contributed by atoms with van der Waals surface area (Å²) in [5.74, 6) is -1.06. The van der Waals surface area contributed by atoms with E-state index in [0.29, 0.717) is 0 Å². The summed E-state index contributed by atoms with van der Waals surface area (Å²) in [4.78, 5) is 15.9. The van der Waals surface area contributed by atoms with E-state index in [2.05, 4.69) is 4.90 Å². The molecular weight excluding hydrogens is 314 g/mol. The fraction of sp³-hybridized carbons (Fsp3) is 0.611. The molecule has 0 aromatic heterocycles. The maximum atomic E-state index is 13.9. The van der Waals surface area contributed by atoms with Gasteiger partial charge in [-0.3, -0.25) is 9.69 Å². The zero-order valence-electron chi connectivity index (χ0n) is 13.9. The summed E-state index contributed by atoms with van der Waals surface area (Å²) >= 11 is 0. The van der Waals surface area contributed by atoms with Crippen LogP contribution >= 0.6 is 0 Å². The first-order valence-corrected chi connectivity index (χ1v) is 8.61. The summed E-state index contributed by atoms with van der Waals surface area (Å²) in [6, 6.07) is 3.50. The molecule has 0 radical (unpaired) electrons. The summed E-state index contributed by atoms with van der Waals surface area (Å²) in [5.41, 5.74) is -0.00417. The lowest BCUT2D eigenvalue weighted by Gasteiger charge is -2.35. The van der Waals surface area contributed by atoms with Crippen LogP contribution in [-0.4, -0.2) is 52.5 Å². The molecule has 1 aromatic carbocycles. The number of aliphatic hydroxyl groups is 1. The van der Waals surface area contributed by atoms with Gasteiger partial charge in [0, 0.05) is 37.7 Å². The van der Waals surface area contributed by atoms with Gasteiger partial charge in [0.2, 0.25) is 5.91 Å². The van der Waals surface area contributed by atoms with Crippen molar-refractivity contribution in [2.24, 2.45) is 0 Å². The molecule has 24 heavy (non-hydrogen) atoms. The first-order valence-electron chi connectivity index (χ1n) is 8.61. The maximum Gasteiger partial charge on any atom is 0.219 e. The zero-order valence-corrected chi connectivity index (χ0v) is 13.9. The van der Waals surface area contributed by atoms with Crippen LogP contribution in [0.1, 0.15) is 44.3 Å². The molecule has 2 aliphatic heterocycles. The van der Waals surface area contributed by atoms with Crippen LogP contribution in [0.5, 0.6) is 0 Å². The first-order chi connectivity index (χ1) is 11.5. The number of carbonyl (C=O) groups is 1. The number of aliphatic hydroxyl groups excluding tert-OH is 1. The van der Waals surface area contributed by atoms with Crippen LogP contribution in [0.3, 0.4) is 0 Å². The Hall–Kier alpha value is -1.53. The van der Waals surface area contributed by atoms with Gasteiger partial charge < -0.3 is 10.0 Å². The predicted octanol–water partition coefficient (Wildman–Crippen LogP) is 2.47. The molecule has 2 fully saturated rings. The van der Waals surface area contributed by atoms with E-state index in [1.54, 1.807) is 6.92 Å². The van der Waals surface area contributed by atoms with Crippen LogP contribution in [0.4, 0.5) is 8.78 Å². The molecule has 2 saturated heterocycles. The highest BCUT2D eigenvalue weighted by atomic mass is 19.1. The Bertz CT molecular complexity index is 611. The molecule has 132 valence electrons. The van der Waals surface area contributed by atoms with Crippen LogP contribution in [0.15, 0.2) is 18.2 Å². The minimum atomic E-state index is -1.08. The number of carbonyl (C=O) groups excluding carboxylic acids is 1. The molecule has 0 spiro atoms. The summed E-state index contributed by atoms with van der Waals surface area (Å²) in [6.07, 6.45) is 2.84. The van der Waals surface area contributed by atoms with Crippen molar-refractivity contribution in [1.82, 2.24) is 9.80 Å². The Morgan fingerprint density at radius 3 is 2.71 bits per heavy atom. The molecule has 0 saturated carbocycles. The second kappa shape index (κ2) is 7.15. The van der Waals surface area contributed by atoms with Gasteiger partial charge >= 0.3 is 0 Å².